The van der Waals surface area contributed by atoms with Gasteiger partial charge >= 0.3 is 0 Å². The van der Waals surface area contributed by atoms with Crippen LogP contribution in [-0.4, -0.2) is 67.7 Å². The first-order valence-electron chi connectivity index (χ1n) is 10.4. The topological polar surface area (TPSA) is 54.3 Å². The maximum Gasteiger partial charge on any atom is 0.226 e. The average Bonchev–Trinajstić information content (AvgIpc) is 3.44. The van der Waals surface area contributed by atoms with Crippen LogP contribution in [0, 0.1) is 5.92 Å². The zero-order valence-corrected chi connectivity index (χ0v) is 17.0. The van der Waals surface area contributed by atoms with Crippen LogP contribution < -0.4 is 0 Å². The van der Waals surface area contributed by atoms with Crippen LogP contribution in [0.4, 0.5) is 0 Å². The van der Waals surface area contributed by atoms with Gasteiger partial charge in [0.05, 0.1) is 6.54 Å². The van der Waals surface area contributed by atoms with Crippen LogP contribution >= 0.6 is 11.8 Å². The molecule has 0 radical (unpaired) electrons. The number of thioether (sulfide) groups is 1. The van der Waals surface area contributed by atoms with Crippen molar-refractivity contribution in [2.24, 2.45) is 5.92 Å². The Morgan fingerprint density at radius 2 is 1.82 bits per heavy atom. The van der Waals surface area contributed by atoms with Gasteiger partial charge in [-0.25, -0.2) is 0 Å². The van der Waals surface area contributed by atoms with Gasteiger partial charge in [0.2, 0.25) is 5.91 Å². The van der Waals surface area contributed by atoms with Gasteiger partial charge in [-0.2, -0.15) is 11.8 Å². The van der Waals surface area contributed by atoms with Gasteiger partial charge in [0.15, 0.2) is 11.6 Å². The summed E-state index contributed by atoms with van der Waals surface area (Å²) in [6.07, 6.45) is 3.31. The summed E-state index contributed by atoms with van der Waals surface area (Å²) in [5.41, 5.74) is 1.08. The molecule has 2 aromatic rings. The average molecular weight is 398 g/mol. The largest absolute Gasteiger partial charge is 0.333 e. The van der Waals surface area contributed by atoms with E-state index in [1.165, 1.54) is 17.9 Å². The van der Waals surface area contributed by atoms with Gasteiger partial charge in [0.25, 0.3) is 0 Å². The lowest BCUT2D eigenvalue weighted by atomic mass is 9.94. The Hall–Kier alpha value is -1.86. The summed E-state index contributed by atoms with van der Waals surface area (Å²) < 4.78 is 2.17. The van der Waals surface area contributed by atoms with Crippen molar-refractivity contribution in [3.8, 4) is 11.4 Å². The van der Waals surface area contributed by atoms with E-state index >= 15 is 0 Å². The standard InChI is InChI=1S/C21H27N5OS/c27-21(17-6-9-24(10-7-17)18-8-13-28-15-18)25-11-12-26-19(14-25)22-23-20(26)16-4-2-1-3-5-16/h1-5,17-18H,6-15H2. The second-order valence-electron chi connectivity index (χ2n) is 8.04. The van der Waals surface area contributed by atoms with Gasteiger partial charge < -0.3 is 9.47 Å². The molecule has 3 aliphatic heterocycles. The molecule has 6 nitrogen and oxygen atoms in total. The summed E-state index contributed by atoms with van der Waals surface area (Å²) in [4.78, 5) is 17.7. The summed E-state index contributed by atoms with van der Waals surface area (Å²) in [5.74, 6) is 4.86. The molecular weight excluding hydrogens is 370 g/mol. The molecule has 0 bridgehead atoms. The fourth-order valence-electron chi connectivity index (χ4n) is 4.73. The molecule has 0 spiro atoms. The molecule has 3 aliphatic rings. The summed E-state index contributed by atoms with van der Waals surface area (Å²) in [5, 5.41) is 8.78. The molecule has 28 heavy (non-hydrogen) atoms. The molecule has 148 valence electrons. The summed E-state index contributed by atoms with van der Waals surface area (Å²) >= 11 is 2.07. The van der Waals surface area contributed by atoms with Gasteiger partial charge in [-0.15, -0.1) is 10.2 Å². The van der Waals surface area contributed by atoms with E-state index in [4.69, 9.17) is 0 Å². The molecule has 1 unspecified atom stereocenters. The molecule has 1 atom stereocenters. The van der Waals surface area contributed by atoms with E-state index in [1.807, 2.05) is 23.1 Å². The molecule has 1 aromatic carbocycles. The molecule has 7 heteroatoms. The first kappa shape index (κ1) is 18.2. The van der Waals surface area contributed by atoms with E-state index in [1.54, 1.807) is 0 Å². The molecule has 5 rings (SSSR count). The predicted octanol–water partition coefficient (Wildman–Crippen LogP) is 2.50. The number of hydrogen-bond acceptors (Lipinski definition) is 5. The molecule has 2 saturated heterocycles. The van der Waals surface area contributed by atoms with Crippen molar-refractivity contribution in [1.29, 1.82) is 0 Å². The molecular formula is C21H27N5OS. The molecule has 4 heterocycles. The fourth-order valence-corrected chi connectivity index (χ4v) is 5.98. The Morgan fingerprint density at radius 1 is 1.00 bits per heavy atom. The minimum atomic E-state index is 0.174. The van der Waals surface area contributed by atoms with Gasteiger partial charge in [-0.1, -0.05) is 30.3 Å². The number of fused-ring (bicyclic) bond motifs is 1. The van der Waals surface area contributed by atoms with Crippen molar-refractivity contribution in [3.63, 3.8) is 0 Å². The van der Waals surface area contributed by atoms with Crippen LogP contribution in [-0.2, 0) is 17.9 Å². The molecule has 0 saturated carbocycles. The number of likely N-dealkylation sites (tertiary alicyclic amines) is 1. The van der Waals surface area contributed by atoms with Gasteiger partial charge in [-0.3, -0.25) is 9.69 Å². The normalized spacial score (nSPS) is 23.7. The van der Waals surface area contributed by atoms with Gasteiger partial charge in [0, 0.05) is 36.4 Å². The van der Waals surface area contributed by atoms with Crippen LogP contribution in [0.15, 0.2) is 30.3 Å². The number of carbonyl (C=O) groups excluding carboxylic acids is 1. The highest BCUT2D eigenvalue weighted by Crippen LogP contribution is 2.29. The lowest BCUT2D eigenvalue weighted by Gasteiger charge is -2.37. The minimum Gasteiger partial charge on any atom is -0.333 e. The first-order chi connectivity index (χ1) is 13.8. The first-order valence-corrected chi connectivity index (χ1v) is 11.5. The van der Waals surface area contributed by atoms with Crippen molar-refractivity contribution in [1.82, 2.24) is 24.6 Å². The van der Waals surface area contributed by atoms with E-state index < -0.39 is 0 Å². The van der Waals surface area contributed by atoms with Crippen molar-refractivity contribution in [2.75, 3.05) is 31.1 Å². The smallest absolute Gasteiger partial charge is 0.226 e. The zero-order valence-electron chi connectivity index (χ0n) is 16.2. The van der Waals surface area contributed by atoms with E-state index in [0.29, 0.717) is 12.5 Å². The molecule has 0 aliphatic carbocycles. The van der Waals surface area contributed by atoms with Crippen molar-refractivity contribution in [3.05, 3.63) is 36.2 Å². The number of nitrogens with zero attached hydrogens (tertiary/aromatic N) is 5. The second-order valence-corrected chi connectivity index (χ2v) is 9.19. The highest BCUT2D eigenvalue weighted by Gasteiger charge is 2.34. The Morgan fingerprint density at radius 3 is 2.57 bits per heavy atom. The van der Waals surface area contributed by atoms with Crippen LogP contribution in [0.25, 0.3) is 11.4 Å². The number of hydrogen-bond donors (Lipinski definition) is 0. The third kappa shape index (κ3) is 3.46. The quantitative estimate of drug-likeness (QED) is 0.797. The Kier molecular flexibility index (Phi) is 5.11. The van der Waals surface area contributed by atoms with E-state index in [-0.39, 0.29) is 5.92 Å². The van der Waals surface area contributed by atoms with E-state index in [0.717, 1.165) is 62.3 Å². The molecule has 0 N–H and O–H groups in total. The van der Waals surface area contributed by atoms with Crippen molar-refractivity contribution in [2.45, 2.75) is 38.4 Å². The highest BCUT2D eigenvalue weighted by atomic mass is 32.2. The third-order valence-corrected chi connectivity index (χ3v) is 7.54. The lowest BCUT2D eigenvalue weighted by Crippen LogP contribution is -2.47. The Balaban J connectivity index is 1.22. The van der Waals surface area contributed by atoms with Crippen LogP contribution in [0.5, 0.6) is 0 Å². The maximum atomic E-state index is 13.1. The maximum absolute atomic E-state index is 13.1. The van der Waals surface area contributed by atoms with E-state index in [9.17, 15) is 4.79 Å². The molecule has 1 aromatic heterocycles. The second kappa shape index (κ2) is 7.87. The molecule has 1 amide bonds. The zero-order chi connectivity index (χ0) is 18.9. The number of benzene rings is 1. The molecule has 2 fully saturated rings. The van der Waals surface area contributed by atoms with Gasteiger partial charge in [0.1, 0.15) is 0 Å². The van der Waals surface area contributed by atoms with Crippen LogP contribution in [0.1, 0.15) is 25.1 Å². The number of piperidine rings is 1. The van der Waals surface area contributed by atoms with E-state index in [2.05, 4.69) is 43.6 Å². The third-order valence-electron chi connectivity index (χ3n) is 6.40. The van der Waals surface area contributed by atoms with Crippen LogP contribution in [0.2, 0.25) is 0 Å². The van der Waals surface area contributed by atoms with Crippen LogP contribution in [0.3, 0.4) is 0 Å². The Bertz CT molecular complexity index is 825. The monoisotopic (exact) mass is 397 g/mol. The summed E-state index contributed by atoms with van der Waals surface area (Å²) in [7, 11) is 0. The fraction of sp³-hybridized carbons (Fsp3) is 0.571. The number of aromatic nitrogens is 3. The summed E-state index contributed by atoms with van der Waals surface area (Å²) in [6.45, 7) is 4.26. The number of carbonyl (C=O) groups is 1. The minimum absolute atomic E-state index is 0.174. The SMILES string of the molecule is O=C(C1CCN(C2CCSC2)CC1)N1CCn2c(nnc2-c2ccccc2)C1. The summed E-state index contributed by atoms with van der Waals surface area (Å²) in [6, 6.07) is 10.9. The van der Waals surface area contributed by atoms with Gasteiger partial charge in [-0.05, 0) is 38.1 Å². The number of rotatable bonds is 3. The lowest BCUT2D eigenvalue weighted by molar-refractivity contribution is -0.138. The van der Waals surface area contributed by atoms with Crippen molar-refractivity contribution >= 4 is 17.7 Å². The van der Waals surface area contributed by atoms with Crippen molar-refractivity contribution < 1.29 is 4.79 Å². The highest BCUT2D eigenvalue weighted by molar-refractivity contribution is 7.99. The Labute approximate surface area is 170 Å². The predicted molar refractivity (Wildman–Crippen MR) is 111 cm³/mol. The number of amides is 1.